The average molecular weight is 464 g/mol. The molecule has 1 aromatic heterocycles. The summed E-state index contributed by atoms with van der Waals surface area (Å²) in [6, 6.07) is 15.3. The lowest BCUT2D eigenvalue weighted by Crippen LogP contribution is -2.31. The molecule has 2 aliphatic heterocycles. The SMILES string of the molecule is COC(=O)C1=C(C)Nc2nc(SCc3ccccc3)[nH]c(=O)c2C1c1ccc2c(c1)OCO2. The number of benzene rings is 2. The van der Waals surface area contributed by atoms with Crippen LogP contribution in [0.4, 0.5) is 5.82 Å². The number of esters is 1. The van der Waals surface area contributed by atoms with E-state index >= 15 is 0 Å². The molecule has 2 aromatic carbocycles. The smallest absolute Gasteiger partial charge is 0.336 e. The quantitative estimate of drug-likeness (QED) is 0.335. The Morgan fingerprint density at radius 3 is 2.76 bits per heavy atom. The van der Waals surface area contributed by atoms with E-state index in [9.17, 15) is 9.59 Å². The zero-order valence-electron chi connectivity index (χ0n) is 18.0. The predicted molar refractivity (Wildman–Crippen MR) is 124 cm³/mol. The van der Waals surface area contributed by atoms with Gasteiger partial charge in [0.2, 0.25) is 6.79 Å². The molecular formula is C24H21N3O5S. The fourth-order valence-electron chi connectivity index (χ4n) is 4.03. The number of fused-ring (bicyclic) bond motifs is 2. The van der Waals surface area contributed by atoms with Crippen molar-refractivity contribution in [2.75, 3.05) is 19.2 Å². The van der Waals surface area contributed by atoms with Gasteiger partial charge in [-0.3, -0.25) is 4.79 Å². The Hall–Kier alpha value is -3.72. The number of ether oxygens (including phenoxy) is 3. The fourth-order valence-corrected chi connectivity index (χ4v) is 4.85. The van der Waals surface area contributed by atoms with Crippen molar-refractivity contribution >= 4 is 23.5 Å². The molecule has 0 aliphatic carbocycles. The second-order valence-electron chi connectivity index (χ2n) is 7.61. The van der Waals surface area contributed by atoms with E-state index in [1.54, 1.807) is 19.1 Å². The number of aromatic amines is 1. The molecule has 2 aliphatic rings. The monoisotopic (exact) mass is 463 g/mol. The van der Waals surface area contributed by atoms with E-state index in [0.717, 1.165) is 5.56 Å². The molecule has 0 saturated heterocycles. The number of rotatable bonds is 5. The minimum Gasteiger partial charge on any atom is -0.466 e. The van der Waals surface area contributed by atoms with Crippen LogP contribution in [0.2, 0.25) is 0 Å². The highest BCUT2D eigenvalue weighted by Crippen LogP contribution is 2.43. The zero-order valence-corrected chi connectivity index (χ0v) is 18.8. The van der Waals surface area contributed by atoms with E-state index in [1.807, 2.05) is 36.4 Å². The highest BCUT2D eigenvalue weighted by Gasteiger charge is 2.37. The van der Waals surface area contributed by atoms with Gasteiger partial charge in [-0.25, -0.2) is 9.78 Å². The molecule has 0 bridgehead atoms. The topological polar surface area (TPSA) is 103 Å². The number of H-pyrrole nitrogens is 1. The Labute approximate surface area is 194 Å². The van der Waals surface area contributed by atoms with Gasteiger partial charge in [0.05, 0.1) is 24.2 Å². The molecule has 0 fully saturated rings. The van der Waals surface area contributed by atoms with Crippen molar-refractivity contribution in [3.8, 4) is 11.5 Å². The summed E-state index contributed by atoms with van der Waals surface area (Å²) in [6.45, 7) is 1.90. The molecule has 33 heavy (non-hydrogen) atoms. The Morgan fingerprint density at radius 1 is 1.18 bits per heavy atom. The standard InChI is InChI=1S/C24H21N3O5S/c1-13-18(23(29)30-2)19(15-8-9-16-17(10-15)32-12-31-16)20-21(25-13)26-24(27-22(20)28)33-11-14-6-4-3-5-7-14/h3-10,19H,11-12H2,1-2H3,(H2,25,26,27,28). The lowest BCUT2D eigenvalue weighted by atomic mass is 9.82. The average Bonchev–Trinajstić information content (AvgIpc) is 3.30. The molecule has 0 spiro atoms. The molecule has 5 rings (SSSR count). The van der Waals surface area contributed by atoms with Gasteiger partial charge in [0.25, 0.3) is 5.56 Å². The van der Waals surface area contributed by atoms with Gasteiger partial charge in [-0.1, -0.05) is 48.2 Å². The molecular weight excluding hydrogens is 442 g/mol. The maximum Gasteiger partial charge on any atom is 0.336 e. The van der Waals surface area contributed by atoms with Gasteiger partial charge in [0.15, 0.2) is 16.7 Å². The number of hydrogen-bond acceptors (Lipinski definition) is 8. The van der Waals surface area contributed by atoms with Crippen molar-refractivity contribution in [1.82, 2.24) is 9.97 Å². The summed E-state index contributed by atoms with van der Waals surface area (Å²) >= 11 is 1.44. The number of anilines is 1. The van der Waals surface area contributed by atoms with E-state index in [0.29, 0.717) is 50.6 Å². The van der Waals surface area contributed by atoms with Crippen molar-refractivity contribution in [3.63, 3.8) is 0 Å². The maximum absolute atomic E-state index is 13.3. The molecule has 8 nitrogen and oxygen atoms in total. The van der Waals surface area contributed by atoms with Crippen LogP contribution in [0.1, 0.15) is 29.5 Å². The molecule has 2 N–H and O–H groups in total. The zero-order chi connectivity index (χ0) is 22.9. The first-order chi connectivity index (χ1) is 16.0. The number of nitrogens with zero attached hydrogens (tertiary/aromatic N) is 1. The van der Waals surface area contributed by atoms with Gasteiger partial charge >= 0.3 is 5.97 Å². The number of carbonyl (C=O) groups is 1. The molecule has 168 valence electrons. The third kappa shape index (κ3) is 3.95. The highest BCUT2D eigenvalue weighted by molar-refractivity contribution is 7.98. The first-order valence-electron chi connectivity index (χ1n) is 10.3. The molecule has 0 radical (unpaired) electrons. The molecule has 3 heterocycles. The van der Waals surface area contributed by atoms with Crippen LogP contribution in [0, 0.1) is 0 Å². The van der Waals surface area contributed by atoms with Crippen molar-refractivity contribution in [2.24, 2.45) is 0 Å². The number of allylic oxidation sites excluding steroid dienone is 1. The Morgan fingerprint density at radius 2 is 1.97 bits per heavy atom. The van der Waals surface area contributed by atoms with Crippen molar-refractivity contribution < 1.29 is 19.0 Å². The van der Waals surface area contributed by atoms with Crippen molar-refractivity contribution in [3.05, 3.63) is 86.8 Å². The summed E-state index contributed by atoms with van der Waals surface area (Å²) < 4.78 is 16.0. The van der Waals surface area contributed by atoms with E-state index < -0.39 is 11.9 Å². The third-order valence-electron chi connectivity index (χ3n) is 5.57. The second-order valence-corrected chi connectivity index (χ2v) is 8.57. The van der Waals surface area contributed by atoms with Gasteiger partial charge in [-0.15, -0.1) is 0 Å². The molecule has 1 atom stereocenters. The molecule has 9 heteroatoms. The summed E-state index contributed by atoms with van der Waals surface area (Å²) in [7, 11) is 1.32. The first-order valence-corrected chi connectivity index (χ1v) is 11.3. The van der Waals surface area contributed by atoms with Crippen molar-refractivity contribution in [1.29, 1.82) is 0 Å². The number of hydrogen-bond donors (Lipinski definition) is 2. The van der Waals surface area contributed by atoms with Crippen LogP contribution in [0.3, 0.4) is 0 Å². The van der Waals surface area contributed by atoms with Gasteiger partial charge in [-0.05, 0) is 30.2 Å². The van der Waals surface area contributed by atoms with Crippen LogP contribution in [-0.2, 0) is 15.3 Å². The van der Waals surface area contributed by atoms with Crippen LogP contribution in [-0.4, -0.2) is 29.8 Å². The van der Waals surface area contributed by atoms with E-state index in [1.165, 1.54) is 18.9 Å². The summed E-state index contributed by atoms with van der Waals surface area (Å²) in [4.78, 5) is 33.6. The minimum atomic E-state index is -0.673. The first kappa shape index (κ1) is 21.1. The summed E-state index contributed by atoms with van der Waals surface area (Å²) in [5, 5.41) is 3.63. The van der Waals surface area contributed by atoms with Gasteiger partial charge in [0, 0.05) is 11.4 Å². The van der Waals surface area contributed by atoms with Gasteiger partial charge in [-0.2, -0.15) is 0 Å². The van der Waals surface area contributed by atoms with E-state index in [2.05, 4.69) is 15.3 Å². The third-order valence-corrected chi connectivity index (χ3v) is 6.52. The largest absolute Gasteiger partial charge is 0.466 e. The molecule has 0 amide bonds. The predicted octanol–water partition coefficient (Wildman–Crippen LogP) is 3.80. The molecule has 3 aromatic rings. The summed E-state index contributed by atoms with van der Waals surface area (Å²) in [6.07, 6.45) is 0. The van der Waals surface area contributed by atoms with Crippen LogP contribution < -0.4 is 20.3 Å². The fraction of sp³-hybridized carbons (Fsp3) is 0.208. The van der Waals surface area contributed by atoms with Crippen LogP contribution in [0.5, 0.6) is 11.5 Å². The summed E-state index contributed by atoms with van der Waals surface area (Å²) in [5.74, 6) is 1.07. The maximum atomic E-state index is 13.3. The summed E-state index contributed by atoms with van der Waals surface area (Å²) in [5.41, 5.74) is 2.79. The number of nitrogens with one attached hydrogen (secondary N) is 2. The number of thioether (sulfide) groups is 1. The molecule has 1 unspecified atom stereocenters. The van der Waals surface area contributed by atoms with Crippen LogP contribution >= 0.6 is 11.8 Å². The van der Waals surface area contributed by atoms with E-state index in [-0.39, 0.29) is 12.4 Å². The normalized spacial score (nSPS) is 16.2. The van der Waals surface area contributed by atoms with Crippen LogP contribution in [0.15, 0.2) is 69.8 Å². The van der Waals surface area contributed by atoms with E-state index in [4.69, 9.17) is 14.2 Å². The number of aromatic nitrogens is 2. The second kappa shape index (κ2) is 8.67. The minimum absolute atomic E-state index is 0.129. The number of methoxy groups -OCH3 is 1. The van der Waals surface area contributed by atoms with Crippen molar-refractivity contribution in [2.45, 2.75) is 23.8 Å². The Balaban J connectivity index is 1.57. The Kier molecular flexibility index (Phi) is 5.55. The number of carbonyl (C=O) groups excluding carboxylic acids is 1. The van der Waals surface area contributed by atoms with Gasteiger partial charge < -0.3 is 24.5 Å². The lowest BCUT2D eigenvalue weighted by molar-refractivity contribution is -0.136. The Bertz CT molecular complexity index is 1320. The van der Waals surface area contributed by atoms with Crippen LogP contribution in [0.25, 0.3) is 0 Å². The van der Waals surface area contributed by atoms with Gasteiger partial charge in [0.1, 0.15) is 5.82 Å². The lowest BCUT2D eigenvalue weighted by Gasteiger charge is -2.28. The highest BCUT2D eigenvalue weighted by atomic mass is 32.2. The molecule has 0 saturated carbocycles.